The molecule has 0 saturated carbocycles. The standard InChI is InChI=1S/C26H27FN4O5/c1-15-9-19(5-6-21(15)26(35)36)17(3)31(13-23(32)33)12-20-11-28-14-30-24(20)25(34)29-10-18-4-7-22(27)16(2)8-18/h4-9,11,14,17H,10,12-13H2,1-3H3,(H,29,34)(H,32,33)(H,35,36)/t17-/m1/s1. The lowest BCUT2D eigenvalue weighted by atomic mass is 9.99. The van der Waals surface area contributed by atoms with Gasteiger partial charge in [0.1, 0.15) is 17.8 Å². The van der Waals surface area contributed by atoms with Crippen molar-refractivity contribution >= 4 is 17.8 Å². The molecule has 0 radical (unpaired) electrons. The number of aromatic nitrogens is 2. The molecule has 0 fully saturated rings. The van der Waals surface area contributed by atoms with Crippen LogP contribution in [0.2, 0.25) is 0 Å². The number of carbonyl (C=O) groups is 3. The summed E-state index contributed by atoms with van der Waals surface area (Å²) in [5.74, 6) is -2.90. The molecule has 3 N–H and O–H groups in total. The Morgan fingerprint density at radius 2 is 1.83 bits per heavy atom. The van der Waals surface area contributed by atoms with Gasteiger partial charge >= 0.3 is 11.9 Å². The van der Waals surface area contributed by atoms with Gasteiger partial charge in [0.15, 0.2) is 0 Å². The summed E-state index contributed by atoms with van der Waals surface area (Å²) in [4.78, 5) is 45.6. The van der Waals surface area contributed by atoms with Crippen LogP contribution in [0.3, 0.4) is 0 Å². The van der Waals surface area contributed by atoms with E-state index in [1.807, 2.05) is 0 Å². The van der Waals surface area contributed by atoms with Crippen LogP contribution in [0.1, 0.15) is 61.6 Å². The maximum Gasteiger partial charge on any atom is 0.335 e. The number of carboxylic acid groups (broad SMARTS) is 2. The second kappa shape index (κ2) is 11.5. The molecule has 0 aliphatic heterocycles. The fraction of sp³-hybridized carbons (Fsp3) is 0.269. The number of aliphatic carboxylic acids is 1. The first kappa shape index (κ1) is 26.4. The molecule has 0 bridgehead atoms. The first-order valence-corrected chi connectivity index (χ1v) is 11.2. The quantitative estimate of drug-likeness (QED) is 0.390. The zero-order chi connectivity index (χ0) is 26.4. The first-order chi connectivity index (χ1) is 17.1. The summed E-state index contributed by atoms with van der Waals surface area (Å²) in [5, 5.41) is 21.5. The van der Waals surface area contributed by atoms with Gasteiger partial charge in [0.2, 0.25) is 0 Å². The number of hydrogen-bond donors (Lipinski definition) is 3. The van der Waals surface area contributed by atoms with Crippen molar-refractivity contribution in [2.24, 2.45) is 0 Å². The van der Waals surface area contributed by atoms with Crippen molar-refractivity contribution in [3.63, 3.8) is 0 Å². The number of rotatable bonds is 10. The third-order valence-corrected chi connectivity index (χ3v) is 5.90. The molecule has 0 aliphatic carbocycles. The Balaban J connectivity index is 1.82. The van der Waals surface area contributed by atoms with Crippen molar-refractivity contribution < 1.29 is 29.0 Å². The number of amides is 1. The van der Waals surface area contributed by atoms with Crippen molar-refractivity contribution in [2.45, 2.75) is 39.9 Å². The molecule has 0 unspecified atom stereocenters. The molecule has 1 atom stereocenters. The largest absolute Gasteiger partial charge is 0.480 e. The first-order valence-electron chi connectivity index (χ1n) is 11.2. The van der Waals surface area contributed by atoms with Crippen LogP contribution in [0.15, 0.2) is 48.9 Å². The second-order valence-corrected chi connectivity index (χ2v) is 8.52. The molecule has 36 heavy (non-hydrogen) atoms. The molecular weight excluding hydrogens is 467 g/mol. The highest BCUT2D eigenvalue weighted by molar-refractivity contribution is 5.93. The Kier molecular flexibility index (Phi) is 8.44. The fourth-order valence-corrected chi connectivity index (χ4v) is 3.88. The maximum atomic E-state index is 13.5. The monoisotopic (exact) mass is 494 g/mol. The zero-order valence-corrected chi connectivity index (χ0v) is 20.2. The Labute approximate surface area is 207 Å². The third kappa shape index (κ3) is 6.48. The summed E-state index contributed by atoms with van der Waals surface area (Å²) in [6.07, 6.45) is 2.70. The predicted octanol–water partition coefficient (Wildman–Crippen LogP) is 3.51. The number of carbonyl (C=O) groups excluding carboxylic acids is 1. The highest BCUT2D eigenvalue weighted by atomic mass is 19.1. The summed E-state index contributed by atoms with van der Waals surface area (Å²) in [6, 6.07) is 8.99. The van der Waals surface area contributed by atoms with Crippen LogP contribution in [-0.2, 0) is 17.9 Å². The molecule has 10 heteroatoms. The van der Waals surface area contributed by atoms with Crippen LogP contribution in [0.5, 0.6) is 0 Å². The number of benzene rings is 2. The highest BCUT2D eigenvalue weighted by Crippen LogP contribution is 2.25. The highest BCUT2D eigenvalue weighted by Gasteiger charge is 2.23. The number of hydrogen-bond acceptors (Lipinski definition) is 6. The number of aromatic carboxylic acids is 1. The van der Waals surface area contributed by atoms with E-state index < -0.39 is 23.9 Å². The normalized spacial score (nSPS) is 11.8. The predicted molar refractivity (Wildman–Crippen MR) is 129 cm³/mol. The minimum Gasteiger partial charge on any atom is -0.480 e. The van der Waals surface area contributed by atoms with Crippen LogP contribution in [0.25, 0.3) is 0 Å². The van der Waals surface area contributed by atoms with Gasteiger partial charge in [0.05, 0.1) is 12.1 Å². The maximum absolute atomic E-state index is 13.5. The molecular formula is C26H27FN4O5. The van der Waals surface area contributed by atoms with Crippen molar-refractivity contribution in [1.29, 1.82) is 0 Å². The summed E-state index contributed by atoms with van der Waals surface area (Å²) in [5.41, 5.74) is 3.17. The smallest absolute Gasteiger partial charge is 0.335 e. The SMILES string of the molecule is Cc1cc(CNC(=O)c2ncncc2CN(CC(=O)O)[C@H](C)c2ccc(C(=O)O)c(C)c2)ccc1F. The number of carboxylic acids is 2. The van der Waals surface area contributed by atoms with Crippen molar-refractivity contribution in [2.75, 3.05) is 6.54 Å². The average Bonchev–Trinajstić information content (AvgIpc) is 2.83. The van der Waals surface area contributed by atoms with E-state index >= 15 is 0 Å². The summed E-state index contributed by atoms with van der Waals surface area (Å²) >= 11 is 0. The lowest BCUT2D eigenvalue weighted by molar-refractivity contribution is -0.139. The third-order valence-electron chi connectivity index (χ3n) is 5.90. The van der Waals surface area contributed by atoms with Crippen molar-refractivity contribution in [1.82, 2.24) is 20.2 Å². The topological polar surface area (TPSA) is 133 Å². The number of halogens is 1. The van der Waals surface area contributed by atoms with Crippen LogP contribution in [0.4, 0.5) is 4.39 Å². The van der Waals surface area contributed by atoms with E-state index in [4.69, 9.17) is 0 Å². The van der Waals surface area contributed by atoms with Gasteiger partial charge in [0, 0.05) is 30.9 Å². The van der Waals surface area contributed by atoms with Gasteiger partial charge in [-0.15, -0.1) is 0 Å². The van der Waals surface area contributed by atoms with Gasteiger partial charge in [0.25, 0.3) is 5.91 Å². The molecule has 9 nitrogen and oxygen atoms in total. The van der Waals surface area contributed by atoms with E-state index in [-0.39, 0.29) is 36.7 Å². The molecule has 3 rings (SSSR count). The Morgan fingerprint density at radius 3 is 2.47 bits per heavy atom. The summed E-state index contributed by atoms with van der Waals surface area (Å²) in [7, 11) is 0. The summed E-state index contributed by atoms with van der Waals surface area (Å²) < 4.78 is 13.5. The molecule has 188 valence electrons. The van der Waals surface area contributed by atoms with E-state index in [2.05, 4.69) is 15.3 Å². The van der Waals surface area contributed by atoms with E-state index in [9.17, 15) is 29.0 Å². The van der Waals surface area contributed by atoms with Crippen molar-refractivity contribution in [3.05, 3.63) is 93.8 Å². The molecule has 0 aliphatic rings. The lowest BCUT2D eigenvalue weighted by Gasteiger charge is -2.28. The zero-order valence-electron chi connectivity index (χ0n) is 20.2. The van der Waals surface area contributed by atoms with Crippen LogP contribution >= 0.6 is 0 Å². The molecule has 1 heterocycles. The number of nitrogens with one attached hydrogen (secondary N) is 1. The van der Waals surface area contributed by atoms with Gasteiger partial charge in [-0.25, -0.2) is 19.2 Å². The van der Waals surface area contributed by atoms with Gasteiger partial charge < -0.3 is 15.5 Å². The second-order valence-electron chi connectivity index (χ2n) is 8.52. The van der Waals surface area contributed by atoms with E-state index in [0.717, 1.165) is 11.1 Å². The molecule has 1 aromatic heterocycles. The summed E-state index contributed by atoms with van der Waals surface area (Å²) in [6.45, 7) is 5.01. The van der Waals surface area contributed by atoms with Crippen molar-refractivity contribution in [3.8, 4) is 0 Å². The van der Waals surface area contributed by atoms with Gasteiger partial charge in [-0.05, 0) is 55.2 Å². The van der Waals surface area contributed by atoms with Crippen LogP contribution in [0, 0.1) is 19.7 Å². The Bertz CT molecular complexity index is 1300. The average molecular weight is 495 g/mol. The van der Waals surface area contributed by atoms with E-state index in [1.165, 1.54) is 24.7 Å². The number of aryl methyl sites for hydroxylation is 2. The van der Waals surface area contributed by atoms with Crippen LogP contribution < -0.4 is 5.32 Å². The molecule has 2 aromatic carbocycles. The molecule has 1 amide bonds. The number of nitrogens with zero attached hydrogens (tertiary/aromatic N) is 3. The van der Waals surface area contributed by atoms with Gasteiger partial charge in [-0.1, -0.05) is 24.3 Å². The minimum absolute atomic E-state index is 0.0620. The molecule has 3 aromatic rings. The Hall–Kier alpha value is -4.18. The van der Waals surface area contributed by atoms with Gasteiger partial charge in [-0.3, -0.25) is 14.5 Å². The van der Waals surface area contributed by atoms with Crippen LogP contribution in [-0.4, -0.2) is 49.5 Å². The van der Waals surface area contributed by atoms with Gasteiger partial charge in [-0.2, -0.15) is 0 Å². The fourth-order valence-electron chi connectivity index (χ4n) is 3.88. The van der Waals surface area contributed by atoms with E-state index in [0.29, 0.717) is 16.7 Å². The molecule has 0 spiro atoms. The minimum atomic E-state index is -1.06. The van der Waals surface area contributed by atoms with E-state index in [1.54, 1.807) is 49.9 Å². The Morgan fingerprint density at radius 1 is 1.08 bits per heavy atom. The molecule has 0 saturated heterocycles. The lowest BCUT2D eigenvalue weighted by Crippen LogP contribution is -2.33.